The maximum absolute atomic E-state index is 12.3. The largest absolute Gasteiger partial charge is 0.465 e. The number of carbonyl (C=O) groups is 2. The van der Waals surface area contributed by atoms with E-state index in [4.69, 9.17) is 4.74 Å². The van der Waals surface area contributed by atoms with Crippen molar-refractivity contribution < 1.29 is 14.3 Å². The molecule has 3 heteroatoms. The Morgan fingerprint density at radius 3 is 2.72 bits per heavy atom. The summed E-state index contributed by atoms with van der Waals surface area (Å²) in [4.78, 5) is 24.4. The second-order valence-electron chi connectivity index (χ2n) is 4.77. The molecule has 2 atom stereocenters. The quantitative estimate of drug-likeness (QED) is 0.396. The number of hydrogen-bond donors (Lipinski definition) is 0. The second-order valence-corrected chi connectivity index (χ2v) is 4.77. The third-order valence-corrected chi connectivity index (χ3v) is 3.54. The number of esters is 1. The fourth-order valence-corrected chi connectivity index (χ4v) is 2.53. The molecule has 0 spiro atoms. The molecular weight excluding hydrogens is 228 g/mol. The Hall–Kier alpha value is -1.38. The van der Waals surface area contributed by atoms with Gasteiger partial charge in [-0.25, -0.2) is 0 Å². The highest BCUT2D eigenvalue weighted by Gasteiger charge is 2.49. The first kappa shape index (κ1) is 14.7. The van der Waals surface area contributed by atoms with Crippen molar-refractivity contribution in [2.75, 3.05) is 6.61 Å². The van der Waals surface area contributed by atoms with Gasteiger partial charge in [0.25, 0.3) is 0 Å². The number of ether oxygens (including phenoxy) is 1. The van der Waals surface area contributed by atoms with Crippen molar-refractivity contribution in [3.8, 4) is 0 Å². The first-order valence-corrected chi connectivity index (χ1v) is 6.55. The molecule has 3 nitrogen and oxygen atoms in total. The number of hydrogen-bond acceptors (Lipinski definition) is 3. The lowest BCUT2D eigenvalue weighted by Crippen LogP contribution is -2.44. The van der Waals surface area contributed by atoms with Crippen LogP contribution in [0.15, 0.2) is 24.8 Å². The molecule has 0 aromatic heterocycles. The zero-order valence-corrected chi connectivity index (χ0v) is 11.3. The maximum Gasteiger partial charge on any atom is 0.320 e. The van der Waals surface area contributed by atoms with Crippen LogP contribution in [0.5, 0.6) is 0 Å². The first-order chi connectivity index (χ1) is 8.59. The molecule has 1 aliphatic rings. The van der Waals surface area contributed by atoms with Gasteiger partial charge in [0.2, 0.25) is 0 Å². The van der Waals surface area contributed by atoms with E-state index < -0.39 is 11.4 Å². The van der Waals surface area contributed by atoms with Gasteiger partial charge < -0.3 is 4.74 Å². The minimum atomic E-state index is -1.07. The van der Waals surface area contributed by atoms with Gasteiger partial charge in [0.1, 0.15) is 11.2 Å². The molecule has 0 amide bonds. The number of carbonyl (C=O) groups excluding carboxylic acids is 2. The van der Waals surface area contributed by atoms with Crippen LogP contribution in [0.25, 0.3) is 0 Å². The van der Waals surface area contributed by atoms with E-state index in [1.807, 2.05) is 19.1 Å². The van der Waals surface area contributed by atoms with Crippen LogP contribution < -0.4 is 0 Å². The van der Waals surface area contributed by atoms with Gasteiger partial charge in [-0.1, -0.05) is 25.2 Å². The molecule has 18 heavy (non-hydrogen) atoms. The van der Waals surface area contributed by atoms with E-state index in [0.29, 0.717) is 13.0 Å². The predicted octanol–water partition coefficient (Wildman–Crippen LogP) is 3.06. The van der Waals surface area contributed by atoms with Crippen LogP contribution in [0.2, 0.25) is 0 Å². The lowest BCUT2D eigenvalue weighted by Gasteiger charge is -2.32. The van der Waals surface area contributed by atoms with E-state index in [1.165, 1.54) is 6.92 Å². The fourth-order valence-electron chi connectivity index (χ4n) is 2.53. The maximum atomic E-state index is 12.3. The molecule has 0 radical (unpaired) electrons. The third kappa shape index (κ3) is 2.71. The summed E-state index contributed by atoms with van der Waals surface area (Å²) in [7, 11) is 0. The number of rotatable bonds is 7. The van der Waals surface area contributed by atoms with E-state index in [2.05, 4.69) is 6.58 Å². The van der Waals surface area contributed by atoms with Gasteiger partial charge >= 0.3 is 5.97 Å². The highest BCUT2D eigenvalue weighted by molar-refractivity contribution is 6.03. The summed E-state index contributed by atoms with van der Waals surface area (Å²) in [5, 5.41) is 0. The van der Waals surface area contributed by atoms with Gasteiger partial charge in [-0.2, -0.15) is 0 Å². The topological polar surface area (TPSA) is 43.4 Å². The van der Waals surface area contributed by atoms with E-state index in [0.717, 1.165) is 19.3 Å². The Morgan fingerprint density at radius 1 is 1.56 bits per heavy atom. The minimum absolute atomic E-state index is 0.0580. The van der Waals surface area contributed by atoms with Gasteiger partial charge in [0, 0.05) is 5.92 Å². The molecular formula is C15H22O3. The minimum Gasteiger partial charge on any atom is -0.465 e. The molecule has 0 aliphatic heterocycles. The summed E-state index contributed by atoms with van der Waals surface area (Å²) in [6, 6.07) is 0. The van der Waals surface area contributed by atoms with E-state index in [-0.39, 0.29) is 11.7 Å². The third-order valence-electron chi connectivity index (χ3n) is 3.54. The first-order valence-electron chi connectivity index (χ1n) is 6.55. The van der Waals surface area contributed by atoms with Gasteiger partial charge in [0.15, 0.2) is 0 Å². The molecule has 1 aliphatic carbocycles. The lowest BCUT2D eigenvalue weighted by molar-refractivity contribution is -0.162. The average molecular weight is 250 g/mol. The van der Waals surface area contributed by atoms with Crippen LogP contribution in [0.3, 0.4) is 0 Å². The summed E-state index contributed by atoms with van der Waals surface area (Å²) >= 11 is 0. The molecule has 1 rings (SSSR count). The summed E-state index contributed by atoms with van der Waals surface area (Å²) in [5.74, 6) is -0.578. The van der Waals surface area contributed by atoms with Crippen molar-refractivity contribution >= 4 is 11.8 Å². The fraction of sp³-hybridized carbons (Fsp3) is 0.600. The SMILES string of the molecule is C=CCC(C(C)=O)(C(=O)OCCC)C1C=CCC1. The van der Waals surface area contributed by atoms with Gasteiger partial charge in [-0.05, 0) is 32.6 Å². The lowest BCUT2D eigenvalue weighted by atomic mass is 9.69. The molecule has 0 aromatic carbocycles. The van der Waals surface area contributed by atoms with E-state index in [9.17, 15) is 9.59 Å². The molecule has 0 heterocycles. The van der Waals surface area contributed by atoms with Crippen molar-refractivity contribution in [2.45, 2.75) is 39.5 Å². The monoisotopic (exact) mass is 250 g/mol. The van der Waals surface area contributed by atoms with Crippen molar-refractivity contribution in [1.29, 1.82) is 0 Å². The molecule has 2 unspecified atom stereocenters. The number of Topliss-reactive ketones (excluding diaryl/α,β-unsaturated/α-hetero) is 1. The van der Waals surface area contributed by atoms with Gasteiger partial charge in [-0.3, -0.25) is 9.59 Å². The molecule has 0 aromatic rings. The van der Waals surface area contributed by atoms with Crippen molar-refractivity contribution in [2.24, 2.45) is 11.3 Å². The summed E-state index contributed by atoms with van der Waals surface area (Å²) in [6.45, 7) is 7.45. The molecule has 0 saturated heterocycles. The standard InChI is InChI=1S/C15H22O3/c1-4-10-15(12(3)16,13-8-6-7-9-13)14(17)18-11-5-2/h4,6,8,13H,1,5,7,9-11H2,2-3H3. The van der Waals surface area contributed by atoms with Crippen LogP contribution in [0.1, 0.15) is 39.5 Å². The second kappa shape index (κ2) is 6.53. The molecule has 100 valence electrons. The van der Waals surface area contributed by atoms with Crippen LogP contribution in [0, 0.1) is 11.3 Å². The smallest absolute Gasteiger partial charge is 0.320 e. The van der Waals surface area contributed by atoms with E-state index in [1.54, 1.807) is 6.08 Å². The van der Waals surface area contributed by atoms with Crippen molar-refractivity contribution in [3.05, 3.63) is 24.8 Å². The summed E-state index contributed by atoms with van der Waals surface area (Å²) < 4.78 is 5.24. The molecule has 0 saturated carbocycles. The number of allylic oxidation sites excluding steroid dienone is 3. The Balaban J connectivity index is 3.03. The highest BCUT2D eigenvalue weighted by Crippen LogP contribution is 2.41. The molecule has 0 N–H and O–H groups in total. The summed E-state index contributed by atoms with van der Waals surface area (Å²) in [5.41, 5.74) is -1.07. The van der Waals surface area contributed by atoms with Gasteiger partial charge in [0.05, 0.1) is 6.61 Å². The number of ketones is 1. The van der Waals surface area contributed by atoms with E-state index >= 15 is 0 Å². The zero-order valence-electron chi connectivity index (χ0n) is 11.3. The normalized spacial score (nSPS) is 21.3. The Labute approximate surface area is 109 Å². The van der Waals surface area contributed by atoms with Crippen molar-refractivity contribution in [1.82, 2.24) is 0 Å². The Bertz CT molecular complexity index is 357. The molecule has 0 fully saturated rings. The van der Waals surface area contributed by atoms with Crippen LogP contribution in [-0.2, 0) is 14.3 Å². The summed E-state index contributed by atoms with van der Waals surface area (Å²) in [6.07, 6.45) is 8.48. The highest BCUT2D eigenvalue weighted by atomic mass is 16.5. The molecule has 0 bridgehead atoms. The van der Waals surface area contributed by atoms with Crippen LogP contribution in [-0.4, -0.2) is 18.4 Å². The predicted molar refractivity (Wildman–Crippen MR) is 71.0 cm³/mol. The average Bonchev–Trinajstić information content (AvgIpc) is 2.86. The van der Waals surface area contributed by atoms with Crippen LogP contribution in [0.4, 0.5) is 0 Å². The Kier molecular flexibility index (Phi) is 5.32. The van der Waals surface area contributed by atoms with Gasteiger partial charge in [-0.15, -0.1) is 6.58 Å². The van der Waals surface area contributed by atoms with Crippen molar-refractivity contribution in [3.63, 3.8) is 0 Å². The Morgan fingerprint density at radius 2 is 2.28 bits per heavy atom. The van der Waals surface area contributed by atoms with Crippen LogP contribution >= 0.6 is 0 Å². The zero-order chi connectivity index (χ0) is 13.6.